The molecule has 250 valence electrons. The number of carbonyl (C=O) groups excluding carboxylic acids is 2. The van der Waals surface area contributed by atoms with Gasteiger partial charge in [0.1, 0.15) is 6.17 Å². The molecule has 0 bridgehead atoms. The third-order valence-corrected chi connectivity index (χ3v) is 8.55. The van der Waals surface area contributed by atoms with Crippen LogP contribution in [0.25, 0.3) is 0 Å². The number of nitrogens with one attached hydrogen (secondary N) is 3. The number of hydrogen-bond donors (Lipinski definition) is 3. The van der Waals surface area contributed by atoms with Crippen LogP contribution in [0.2, 0.25) is 0 Å². The maximum Gasteiger partial charge on any atom is 0.221 e. The zero-order chi connectivity index (χ0) is 30.8. The Morgan fingerprint density at radius 2 is 0.714 bits per heavy atom. The fourth-order valence-electron chi connectivity index (χ4n) is 5.74. The van der Waals surface area contributed by atoms with Gasteiger partial charge in [-0.3, -0.25) is 9.59 Å². The average Bonchev–Trinajstić information content (AvgIpc) is 2.98. The molecule has 0 spiro atoms. The van der Waals surface area contributed by atoms with E-state index >= 15 is 0 Å². The van der Waals surface area contributed by atoms with Gasteiger partial charge in [-0.25, -0.2) is 0 Å². The Bertz CT molecular complexity index is 525. The molecule has 2 amide bonds. The van der Waals surface area contributed by atoms with Crippen molar-refractivity contribution in [1.82, 2.24) is 16.0 Å². The summed E-state index contributed by atoms with van der Waals surface area (Å²) >= 11 is 0. The molecule has 0 aliphatic carbocycles. The van der Waals surface area contributed by atoms with E-state index in [0.717, 1.165) is 45.2 Å². The molecule has 42 heavy (non-hydrogen) atoms. The minimum Gasteiger partial charge on any atom is -0.336 e. The summed E-state index contributed by atoms with van der Waals surface area (Å²) in [5.74, 6) is 0.140. The van der Waals surface area contributed by atoms with Gasteiger partial charge in [0.2, 0.25) is 11.8 Å². The second kappa shape index (κ2) is 34.4. The van der Waals surface area contributed by atoms with Crippen molar-refractivity contribution in [2.45, 2.75) is 213 Å². The summed E-state index contributed by atoms with van der Waals surface area (Å²) in [5.41, 5.74) is 0. The van der Waals surface area contributed by atoms with Crippen LogP contribution in [-0.2, 0) is 9.59 Å². The van der Waals surface area contributed by atoms with Gasteiger partial charge in [-0.2, -0.15) is 0 Å². The van der Waals surface area contributed by atoms with E-state index in [9.17, 15) is 9.59 Å². The Labute approximate surface area is 263 Å². The largest absolute Gasteiger partial charge is 0.336 e. The Kier molecular flexibility index (Phi) is 33.5. The lowest BCUT2D eigenvalue weighted by Gasteiger charge is -2.20. The minimum atomic E-state index is -0.270. The molecule has 0 aliphatic heterocycles. The van der Waals surface area contributed by atoms with E-state index in [0.29, 0.717) is 12.8 Å². The summed E-state index contributed by atoms with van der Waals surface area (Å²) < 4.78 is 0. The predicted octanol–water partition coefficient (Wildman–Crippen LogP) is 10.5. The minimum absolute atomic E-state index is 0.0702. The first-order chi connectivity index (χ1) is 20.6. The first-order valence-corrected chi connectivity index (χ1v) is 18.9. The fourth-order valence-corrected chi connectivity index (χ4v) is 5.74. The summed E-state index contributed by atoms with van der Waals surface area (Å²) in [6, 6.07) is 0. The van der Waals surface area contributed by atoms with Crippen molar-refractivity contribution in [2.75, 3.05) is 13.1 Å². The van der Waals surface area contributed by atoms with Gasteiger partial charge in [0.25, 0.3) is 0 Å². The Morgan fingerprint density at radius 3 is 1.00 bits per heavy atom. The molecule has 0 aromatic carbocycles. The van der Waals surface area contributed by atoms with Crippen molar-refractivity contribution < 1.29 is 9.59 Å². The lowest BCUT2D eigenvalue weighted by atomic mass is 10.0. The van der Waals surface area contributed by atoms with E-state index in [-0.39, 0.29) is 18.0 Å². The van der Waals surface area contributed by atoms with Crippen LogP contribution in [0, 0.1) is 0 Å². The Balaban J connectivity index is 3.83. The van der Waals surface area contributed by atoms with Gasteiger partial charge < -0.3 is 16.0 Å². The van der Waals surface area contributed by atoms with Gasteiger partial charge in [0.05, 0.1) is 0 Å². The smallest absolute Gasteiger partial charge is 0.221 e. The molecule has 0 fully saturated rings. The highest BCUT2D eigenvalue weighted by Crippen LogP contribution is 2.14. The Hall–Kier alpha value is -1.10. The molecule has 0 atom stereocenters. The van der Waals surface area contributed by atoms with Gasteiger partial charge in [-0.05, 0) is 32.4 Å². The Morgan fingerprint density at radius 1 is 0.429 bits per heavy atom. The summed E-state index contributed by atoms with van der Waals surface area (Å²) in [7, 11) is 0. The van der Waals surface area contributed by atoms with Crippen LogP contribution in [0.4, 0.5) is 0 Å². The fraction of sp³-hybridized carbons (Fsp3) is 0.946. The maximum atomic E-state index is 12.6. The van der Waals surface area contributed by atoms with E-state index in [4.69, 9.17) is 0 Å². The van der Waals surface area contributed by atoms with Crippen molar-refractivity contribution in [3.8, 4) is 0 Å². The molecule has 5 heteroatoms. The molecule has 0 unspecified atom stereocenters. The van der Waals surface area contributed by atoms with Gasteiger partial charge in [-0.1, -0.05) is 175 Å². The van der Waals surface area contributed by atoms with E-state index in [1.165, 1.54) is 141 Å². The SMILES string of the molecule is CCCCCCCCCCCCCCCC(=O)NC(CCNCC)NC(=O)CCCCCCCCCCCCCCC. The lowest BCUT2D eigenvalue weighted by Crippen LogP contribution is -2.49. The van der Waals surface area contributed by atoms with Gasteiger partial charge in [0.15, 0.2) is 0 Å². The van der Waals surface area contributed by atoms with Crippen LogP contribution in [0.15, 0.2) is 0 Å². The van der Waals surface area contributed by atoms with E-state index < -0.39 is 0 Å². The zero-order valence-corrected chi connectivity index (χ0v) is 28.8. The van der Waals surface area contributed by atoms with Crippen molar-refractivity contribution in [3.63, 3.8) is 0 Å². The van der Waals surface area contributed by atoms with Crippen LogP contribution in [0.5, 0.6) is 0 Å². The lowest BCUT2D eigenvalue weighted by molar-refractivity contribution is -0.124. The summed E-state index contributed by atoms with van der Waals surface area (Å²) in [6.45, 7) is 8.32. The molecule has 3 N–H and O–H groups in total. The standard InChI is InChI=1S/C37H75N3O2/c1-4-7-9-11-13-15-17-19-21-23-25-27-29-31-36(41)39-35(33-34-38-6-3)40-37(42)32-30-28-26-24-22-20-18-16-14-12-10-8-5-2/h35,38H,4-34H2,1-3H3,(H,39,41)(H,40,42). The highest BCUT2D eigenvalue weighted by molar-refractivity contribution is 5.79. The molecule has 5 nitrogen and oxygen atoms in total. The number of unbranched alkanes of at least 4 members (excludes halogenated alkanes) is 24. The van der Waals surface area contributed by atoms with Crippen LogP contribution < -0.4 is 16.0 Å². The first-order valence-electron chi connectivity index (χ1n) is 18.9. The quantitative estimate of drug-likeness (QED) is 0.0513. The van der Waals surface area contributed by atoms with Gasteiger partial charge >= 0.3 is 0 Å². The zero-order valence-electron chi connectivity index (χ0n) is 28.8. The highest BCUT2D eigenvalue weighted by atomic mass is 16.2. The molecule has 0 saturated heterocycles. The molecular weight excluding hydrogens is 518 g/mol. The molecule has 0 radical (unpaired) electrons. The number of carbonyl (C=O) groups is 2. The molecular formula is C37H75N3O2. The molecule has 0 aromatic heterocycles. The molecule has 0 rings (SSSR count). The van der Waals surface area contributed by atoms with Crippen molar-refractivity contribution >= 4 is 11.8 Å². The molecule has 0 saturated carbocycles. The number of hydrogen-bond acceptors (Lipinski definition) is 3. The predicted molar refractivity (Wildman–Crippen MR) is 184 cm³/mol. The maximum absolute atomic E-state index is 12.6. The molecule has 0 heterocycles. The first kappa shape index (κ1) is 40.9. The number of rotatable bonds is 34. The average molecular weight is 594 g/mol. The molecule has 0 aromatic rings. The highest BCUT2D eigenvalue weighted by Gasteiger charge is 2.14. The summed E-state index contributed by atoms with van der Waals surface area (Å²) in [5, 5.41) is 9.49. The topological polar surface area (TPSA) is 70.2 Å². The van der Waals surface area contributed by atoms with Crippen LogP contribution in [0.1, 0.15) is 207 Å². The monoisotopic (exact) mass is 594 g/mol. The van der Waals surface area contributed by atoms with Gasteiger partial charge in [0, 0.05) is 12.8 Å². The second-order valence-corrected chi connectivity index (χ2v) is 12.8. The van der Waals surface area contributed by atoms with Gasteiger partial charge in [-0.15, -0.1) is 0 Å². The second-order valence-electron chi connectivity index (χ2n) is 12.8. The number of amides is 2. The third-order valence-electron chi connectivity index (χ3n) is 8.55. The normalized spacial score (nSPS) is 11.3. The van der Waals surface area contributed by atoms with Crippen LogP contribution >= 0.6 is 0 Å². The van der Waals surface area contributed by atoms with E-state index in [1.807, 2.05) is 0 Å². The van der Waals surface area contributed by atoms with E-state index in [1.54, 1.807) is 0 Å². The molecule has 0 aliphatic rings. The summed E-state index contributed by atoms with van der Waals surface area (Å²) in [6.07, 6.45) is 35.6. The van der Waals surface area contributed by atoms with Crippen molar-refractivity contribution in [1.29, 1.82) is 0 Å². The van der Waals surface area contributed by atoms with E-state index in [2.05, 4.69) is 36.7 Å². The van der Waals surface area contributed by atoms with Crippen LogP contribution in [0.3, 0.4) is 0 Å². The van der Waals surface area contributed by atoms with Crippen molar-refractivity contribution in [3.05, 3.63) is 0 Å². The summed E-state index contributed by atoms with van der Waals surface area (Å²) in [4.78, 5) is 25.1. The van der Waals surface area contributed by atoms with Crippen LogP contribution in [-0.4, -0.2) is 31.1 Å². The van der Waals surface area contributed by atoms with Crippen molar-refractivity contribution in [2.24, 2.45) is 0 Å². The third kappa shape index (κ3) is 31.8.